The van der Waals surface area contributed by atoms with E-state index in [4.69, 9.17) is 0 Å². The molecule has 0 spiro atoms. The van der Waals surface area contributed by atoms with Crippen LogP contribution in [0, 0.1) is 0 Å². The molecule has 1 aliphatic heterocycles. The van der Waals surface area contributed by atoms with E-state index >= 15 is 0 Å². The molecule has 20 heavy (non-hydrogen) atoms. The molecule has 1 aliphatic rings. The van der Waals surface area contributed by atoms with Crippen LogP contribution in [-0.4, -0.2) is 56.9 Å². The third-order valence-corrected chi connectivity index (χ3v) is 5.25. The molecule has 120 valence electrons. The van der Waals surface area contributed by atoms with Crippen molar-refractivity contribution in [2.24, 2.45) is 0 Å². The number of halogens is 1. The van der Waals surface area contributed by atoms with E-state index in [1.54, 1.807) is 11.9 Å². The Morgan fingerprint density at radius 3 is 2.40 bits per heavy atom. The summed E-state index contributed by atoms with van der Waals surface area (Å²) >= 11 is 0. The van der Waals surface area contributed by atoms with Crippen molar-refractivity contribution < 1.29 is 13.2 Å². The predicted molar refractivity (Wildman–Crippen MR) is 84.1 cm³/mol. The minimum absolute atomic E-state index is 0. The fourth-order valence-corrected chi connectivity index (χ4v) is 3.70. The highest BCUT2D eigenvalue weighted by molar-refractivity contribution is 7.92. The Hall–Kier alpha value is -0.330. The number of sulfone groups is 1. The predicted octanol–water partition coefficient (Wildman–Crippen LogP) is 1.22. The summed E-state index contributed by atoms with van der Waals surface area (Å²) in [6.45, 7) is 3.82. The molecule has 5 nitrogen and oxygen atoms in total. The van der Waals surface area contributed by atoms with Gasteiger partial charge in [-0.25, -0.2) is 8.42 Å². The highest BCUT2D eigenvalue weighted by Crippen LogP contribution is 2.11. The molecule has 1 rings (SSSR count). The van der Waals surface area contributed by atoms with E-state index in [2.05, 4.69) is 5.32 Å². The topological polar surface area (TPSA) is 66.5 Å². The number of piperidine rings is 1. The Kier molecular flexibility index (Phi) is 9.42. The number of nitrogens with one attached hydrogen (secondary N) is 1. The number of nitrogens with zero attached hydrogens (tertiary/aromatic N) is 1. The molecule has 0 aromatic heterocycles. The van der Waals surface area contributed by atoms with Gasteiger partial charge in [0, 0.05) is 13.1 Å². The van der Waals surface area contributed by atoms with E-state index < -0.39 is 9.84 Å². The molecule has 0 aromatic rings. The molecule has 1 fully saturated rings. The number of rotatable bonds is 7. The van der Waals surface area contributed by atoms with Gasteiger partial charge < -0.3 is 10.2 Å². The molecule has 0 radical (unpaired) electrons. The zero-order valence-electron chi connectivity index (χ0n) is 12.4. The van der Waals surface area contributed by atoms with Crippen LogP contribution in [0.3, 0.4) is 0 Å². The summed E-state index contributed by atoms with van der Waals surface area (Å²) in [5.41, 5.74) is 0. The summed E-state index contributed by atoms with van der Waals surface area (Å²) in [6, 6.07) is 0.180. The van der Waals surface area contributed by atoms with Gasteiger partial charge >= 0.3 is 0 Å². The minimum atomic E-state index is -3.24. The van der Waals surface area contributed by atoms with Crippen LogP contribution in [0.25, 0.3) is 0 Å². The first kappa shape index (κ1) is 19.7. The number of unbranched alkanes of at least 4 members (excludes halogenated alkanes) is 2. The Morgan fingerprint density at radius 1 is 1.25 bits per heavy atom. The number of carbonyl (C=O) groups excluding carboxylic acids is 1. The van der Waals surface area contributed by atoms with Crippen LogP contribution in [0.2, 0.25) is 0 Å². The van der Waals surface area contributed by atoms with Crippen molar-refractivity contribution in [1.82, 2.24) is 10.2 Å². The monoisotopic (exact) mass is 326 g/mol. The third-order valence-electron chi connectivity index (χ3n) is 3.65. The Labute approximate surface area is 128 Å². The molecular formula is C13H27ClN2O3S. The van der Waals surface area contributed by atoms with Gasteiger partial charge in [-0.2, -0.15) is 0 Å². The lowest BCUT2D eigenvalue weighted by molar-refractivity contribution is -0.129. The maximum absolute atomic E-state index is 12.0. The Bertz CT molecular complexity index is 381. The second-order valence-corrected chi connectivity index (χ2v) is 7.47. The first-order valence-electron chi connectivity index (χ1n) is 7.13. The van der Waals surface area contributed by atoms with Gasteiger partial charge in [0.1, 0.15) is 5.75 Å². The van der Waals surface area contributed by atoms with Gasteiger partial charge in [0.25, 0.3) is 0 Å². The average Bonchev–Trinajstić information content (AvgIpc) is 2.38. The van der Waals surface area contributed by atoms with Gasteiger partial charge in [-0.1, -0.05) is 19.8 Å². The highest BCUT2D eigenvalue weighted by Gasteiger charge is 2.25. The lowest BCUT2D eigenvalue weighted by Crippen LogP contribution is -2.45. The van der Waals surface area contributed by atoms with E-state index in [-0.39, 0.29) is 35.9 Å². The minimum Gasteiger partial charge on any atom is -0.342 e. The standard InChI is InChI=1S/C13H26N2O3S.ClH/c1-3-4-5-10-19(17,18)11-13(16)15(2)12-6-8-14-9-7-12;/h12,14H,3-11H2,1-2H3;1H. The van der Waals surface area contributed by atoms with E-state index in [0.717, 1.165) is 38.8 Å². The summed E-state index contributed by atoms with van der Waals surface area (Å²) in [7, 11) is -1.52. The molecule has 0 aromatic carbocycles. The van der Waals surface area contributed by atoms with Crippen LogP contribution in [-0.2, 0) is 14.6 Å². The van der Waals surface area contributed by atoms with E-state index in [1.807, 2.05) is 6.92 Å². The lowest BCUT2D eigenvalue weighted by Gasteiger charge is -2.31. The molecule has 0 bridgehead atoms. The Balaban J connectivity index is 0.00000361. The molecule has 0 unspecified atom stereocenters. The van der Waals surface area contributed by atoms with Crippen LogP contribution in [0.5, 0.6) is 0 Å². The van der Waals surface area contributed by atoms with Gasteiger partial charge in [0.2, 0.25) is 5.91 Å². The number of carbonyl (C=O) groups is 1. The third kappa shape index (κ3) is 6.90. The van der Waals surface area contributed by atoms with Crippen molar-refractivity contribution in [3.05, 3.63) is 0 Å². The zero-order chi connectivity index (χ0) is 14.3. The van der Waals surface area contributed by atoms with Crippen molar-refractivity contribution in [3.8, 4) is 0 Å². The van der Waals surface area contributed by atoms with Crippen molar-refractivity contribution in [2.45, 2.75) is 45.1 Å². The van der Waals surface area contributed by atoms with E-state index in [9.17, 15) is 13.2 Å². The van der Waals surface area contributed by atoms with Gasteiger partial charge in [0.15, 0.2) is 9.84 Å². The van der Waals surface area contributed by atoms with Crippen molar-refractivity contribution >= 4 is 28.2 Å². The second kappa shape index (κ2) is 9.58. The summed E-state index contributed by atoms with van der Waals surface area (Å²) in [4.78, 5) is 13.6. The summed E-state index contributed by atoms with van der Waals surface area (Å²) < 4.78 is 23.7. The van der Waals surface area contributed by atoms with E-state index in [1.165, 1.54) is 0 Å². The van der Waals surface area contributed by atoms with E-state index in [0.29, 0.717) is 6.42 Å². The van der Waals surface area contributed by atoms with Crippen molar-refractivity contribution in [2.75, 3.05) is 31.6 Å². The number of amides is 1. The summed E-state index contributed by atoms with van der Waals surface area (Å²) in [6.07, 6.45) is 4.34. The van der Waals surface area contributed by atoms with Crippen molar-refractivity contribution in [1.29, 1.82) is 0 Å². The molecule has 0 atom stereocenters. The fraction of sp³-hybridized carbons (Fsp3) is 0.923. The van der Waals surface area contributed by atoms with Crippen LogP contribution in [0.4, 0.5) is 0 Å². The molecule has 1 heterocycles. The molecule has 1 N–H and O–H groups in total. The summed E-state index contributed by atoms with van der Waals surface area (Å²) in [5, 5.41) is 3.23. The normalized spacial score (nSPS) is 16.5. The average molecular weight is 327 g/mol. The molecule has 0 aliphatic carbocycles. The largest absolute Gasteiger partial charge is 0.342 e. The zero-order valence-corrected chi connectivity index (χ0v) is 14.1. The van der Waals surface area contributed by atoms with Crippen LogP contribution < -0.4 is 5.32 Å². The number of hydrogen-bond acceptors (Lipinski definition) is 4. The quantitative estimate of drug-likeness (QED) is 0.714. The first-order valence-corrected chi connectivity index (χ1v) is 8.95. The molecule has 1 amide bonds. The molecule has 1 saturated heterocycles. The molecular weight excluding hydrogens is 300 g/mol. The molecule has 0 saturated carbocycles. The van der Waals surface area contributed by atoms with Gasteiger partial charge in [-0.15, -0.1) is 12.4 Å². The highest BCUT2D eigenvalue weighted by atomic mass is 35.5. The van der Waals surface area contributed by atoms with Crippen LogP contribution >= 0.6 is 12.4 Å². The van der Waals surface area contributed by atoms with Crippen LogP contribution in [0.15, 0.2) is 0 Å². The smallest absolute Gasteiger partial charge is 0.237 e. The number of hydrogen-bond donors (Lipinski definition) is 1. The molecule has 7 heteroatoms. The van der Waals surface area contributed by atoms with Crippen molar-refractivity contribution in [3.63, 3.8) is 0 Å². The first-order chi connectivity index (χ1) is 8.96. The fourth-order valence-electron chi connectivity index (χ4n) is 2.33. The van der Waals surface area contributed by atoms with Gasteiger partial charge in [0.05, 0.1) is 5.75 Å². The maximum atomic E-state index is 12.0. The maximum Gasteiger partial charge on any atom is 0.237 e. The van der Waals surface area contributed by atoms with Gasteiger partial charge in [-0.3, -0.25) is 4.79 Å². The Morgan fingerprint density at radius 2 is 1.85 bits per heavy atom. The second-order valence-electron chi connectivity index (χ2n) is 5.28. The SMILES string of the molecule is CCCCCS(=O)(=O)CC(=O)N(C)C1CCNCC1.Cl. The lowest BCUT2D eigenvalue weighted by atomic mass is 10.1. The van der Waals surface area contributed by atoms with Crippen LogP contribution in [0.1, 0.15) is 39.0 Å². The summed E-state index contributed by atoms with van der Waals surface area (Å²) in [5.74, 6) is -0.465. The van der Waals surface area contributed by atoms with Gasteiger partial charge in [-0.05, 0) is 32.4 Å².